The van der Waals surface area contributed by atoms with E-state index in [1.807, 2.05) is 6.92 Å². The van der Waals surface area contributed by atoms with Gasteiger partial charge in [-0.15, -0.1) is 0 Å². The molecule has 0 aliphatic carbocycles. The molecule has 7 heteroatoms. The fraction of sp³-hybridized carbons (Fsp3) is 0.562. The number of rotatable bonds is 9. The number of nitrogens with zero attached hydrogens (tertiary/aromatic N) is 1. The smallest absolute Gasteiger partial charge is 0.326 e. The van der Waals surface area contributed by atoms with Gasteiger partial charge >= 0.3 is 5.97 Å². The van der Waals surface area contributed by atoms with E-state index in [4.69, 9.17) is 16.7 Å². The van der Waals surface area contributed by atoms with Crippen molar-refractivity contribution in [2.45, 2.75) is 52.1 Å². The largest absolute Gasteiger partial charge is 0.480 e. The molecule has 0 aliphatic rings. The summed E-state index contributed by atoms with van der Waals surface area (Å²) in [5.41, 5.74) is -0.137. The van der Waals surface area contributed by atoms with Crippen molar-refractivity contribution in [3.63, 3.8) is 0 Å². The maximum absolute atomic E-state index is 11.8. The zero-order valence-electron chi connectivity index (χ0n) is 13.4. The van der Waals surface area contributed by atoms with Crippen molar-refractivity contribution >= 4 is 23.5 Å². The van der Waals surface area contributed by atoms with Gasteiger partial charge in [0.2, 0.25) is 5.91 Å². The van der Waals surface area contributed by atoms with Crippen LogP contribution in [0.3, 0.4) is 0 Å². The number of aromatic nitrogens is 1. The van der Waals surface area contributed by atoms with E-state index in [2.05, 4.69) is 5.32 Å². The van der Waals surface area contributed by atoms with Crippen molar-refractivity contribution in [2.75, 3.05) is 0 Å². The molecule has 0 aromatic carbocycles. The Kier molecular flexibility index (Phi) is 7.81. The topological polar surface area (TPSA) is 88.4 Å². The van der Waals surface area contributed by atoms with Crippen molar-refractivity contribution in [3.8, 4) is 0 Å². The maximum Gasteiger partial charge on any atom is 0.326 e. The van der Waals surface area contributed by atoms with Gasteiger partial charge in [0.25, 0.3) is 5.56 Å². The van der Waals surface area contributed by atoms with Gasteiger partial charge in [-0.05, 0) is 24.8 Å². The highest BCUT2D eigenvalue weighted by Gasteiger charge is 2.24. The van der Waals surface area contributed by atoms with Crippen LogP contribution < -0.4 is 10.9 Å². The number of hydrogen-bond donors (Lipinski definition) is 2. The SMILES string of the molecule is CCC(C)C(NC(=O)CCCCn1cc(Cl)ccc1=O)C(=O)O. The summed E-state index contributed by atoms with van der Waals surface area (Å²) in [4.78, 5) is 34.6. The van der Waals surface area contributed by atoms with Crippen LogP contribution in [-0.2, 0) is 16.1 Å². The fourth-order valence-electron chi connectivity index (χ4n) is 2.17. The van der Waals surface area contributed by atoms with Crippen LogP contribution in [0.25, 0.3) is 0 Å². The van der Waals surface area contributed by atoms with Crippen LogP contribution in [0.4, 0.5) is 0 Å². The lowest BCUT2D eigenvalue weighted by Gasteiger charge is -2.20. The minimum atomic E-state index is -1.02. The van der Waals surface area contributed by atoms with Crippen LogP contribution in [0, 0.1) is 5.92 Å². The predicted molar refractivity (Wildman–Crippen MR) is 88.6 cm³/mol. The van der Waals surface area contributed by atoms with Crippen LogP contribution in [-0.4, -0.2) is 27.6 Å². The number of carboxylic acids is 1. The van der Waals surface area contributed by atoms with Gasteiger partial charge in [-0.3, -0.25) is 9.59 Å². The third-order valence-electron chi connectivity index (χ3n) is 3.80. The quantitative estimate of drug-likeness (QED) is 0.674. The second kappa shape index (κ2) is 9.35. The Morgan fingerprint density at radius 1 is 1.35 bits per heavy atom. The number of halogens is 1. The molecular formula is C16H23ClN2O4. The van der Waals surface area contributed by atoms with Crippen molar-refractivity contribution < 1.29 is 14.7 Å². The highest BCUT2D eigenvalue weighted by molar-refractivity contribution is 6.30. The molecule has 2 atom stereocenters. The fourth-order valence-corrected chi connectivity index (χ4v) is 2.35. The molecule has 128 valence electrons. The highest BCUT2D eigenvalue weighted by Crippen LogP contribution is 2.09. The summed E-state index contributed by atoms with van der Waals surface area (Å²) in [7, 11) is 0. The molecule has 0 saturated heterocycles. The normalized spacial score (nSPS) is 13.3. The first-order valence-corrected chi connectivity index (χ1v) is 8.11. The molecule has 2 N–H and O–H groups in total. The number of hydrogen-bond acceptors (Lipinski definition) is 3. The zero-order chi connectivity index (χ0) is 17.4. The lowest BCUT2D eigenvalue weighted by molar-refractivity contribution is -0.143. The molecule has 6 nitrogen and oxygen atoms in total. The first-order valence-electron chi connectivity index (χ1n) is 7.73. The molecule has 1 rings (SSSR count). The van der Waals surface area contributed by atoms with Gasteiger partial charge in [-0.2, -0.15) is 0 Å². The average Bonchev–Trinajstić information content (AvgIpc) is 2.51. The number of pyridine rings is 1. The molecule has 1 aromatic rings. The van der Waals surface area contributed by atoms with Gasteiger partial charge in [0.15, 0.2) is 0 Å². The number of nitrogens with one attached hydrogen (secondary N) is 1. The number of carbonyl (C=O) groups excluding carboxylic acids is 1. The van der Waals surface area contributed by atoms with Crippen LogP contribution in [0.15, 0.2) is 23.1 Å². The minimum Gasteiger partial charge on any atom is -0.480 e. The zero-order valence-corrected chi connectivity index (χ0v) is 14.2. The predicted octanol–water partition coefficient (Wildman–Crippen LogP) is 2.29. The molecule has 1 aromatic heterocycles. The number of carboxylic acid groups (broad SMARTS) is 1. The Hall–Kier alpha value is -1.82. The Bertz CT molecular complexity index is 600. The first kappa shape index (κ1) is 19.2. The minimum absolute atomic E-state index is 0.124. The van der Waals surface area contributed by atoms with Gasteiger partial charge < -0.3 is 15.0 Å². The Balaban J connectivity index is 2.40. The Morgan fingerprint density at radius 3 is 2.65 bits per heavy atom. The average molecular weight is 343 g/mol. The van der Waals surface area contributed by atoms with Crippen LogP contribution in [0.5, 0.6) is 0 Å². The number of aliphatic carboxylic acids is 1. The van der Waals surface area contributed by atoms with Crippen molar-refractivity contribution in [1.82, 2.24) is 9.88 Å². The summed E-state index contributed by atoms with van der Waals surface area (Å²) in [6, 6.07) is 2.08. The lowest BCUT2D eigenvalue weighted by atomic mass is 9.99. The van der Waals surface area contributed by atoms with E-state index in [1.165, 1.54) is 16.7 Å². The number of carbonyl (C=O) groups is 2. The summed E-state index contributed by atoms with van der Waals surface area (Å²) in [5.74, 6) is -1.42. The van der Waals surface area contributed by atoms with Crippen LogP contribution >= 0.6 is 11.6 Å². The molecule has 1 amide bonds. The van der Waals surface area contributed by atoms with E-state index in [0.29, 0.717) is 30.8 Å². The van der Waals surface area contributed by atoms with Gasteiger partial charge in [0.1, 0.15) is 6.04 Å². The van der Waals surface area contributed by atoms with E-state index in [9.17, 15) is 14.4 Å². The third kappa shape index (κ3) is 6.44. The van der Waals surface area contributed by atoms with E-state index < -0.39 is 12.0 Å². The molecule has 0 aliphatic heterocycles. The van der Waals surface area contributed by atoms with E-state index in [0.717, 1.165) is 0 Å². The molecule has 0 bridgehead atoms. The summed E-state index contributed by atoms with van der Waals surface area (Å²) in [6.45, 7) is 4.15. The molecule has 0 radical (unpaired) electrons. The number of aryl methyl sites for hydroxylation is 1. The van der Waals surface area contributed by atoms with Gasteiger partial charge in [-0.1, -0.05) is 31.9 Å². The summed E-state index contributed by atoms with van der Waals surface area (Å²) < 4.78 is 1.50. The second-order valence-electron chi connectivity index (χ2n) is 5.61. The Labute approximate surface area is 140 Å². The molecule has 0 fully saturated rings. The first-order chi connectivity index (χ1) is 10.8. The van der Waals surface area contributed by atoms with Gasteiger partial charge in [-0.25, -0.2) is 4.79 Å². The van der Waals surface area contributed by atoms with Crippen LogP contribution in [0.1, 0.15) is 39.5 Å². The highest BCUT2D eigenvalue weighted by atomic mass is 35.5. The van der Waals surface area contributed by atoms with E-state index >= 15 is 0 Å². The standard InChI is InChI=1S/C16H23ClN2O4/c1-3-11(2)15(16(22)23)18-13(20)6-4-5-9-19-10-12(17)7-8-14(19)21/h7-8,10-11,15H,3-6,9H2,1-2H3,(H,18,20)(H,22,23). The van der Waals surface area contributed by atoms with Crippen LogP contribution in [0.2, 0.25) is 5.02 Å². The number of amides is 1. The van der Waals surface area contributed by atoms with Crippen molar-refractivity contribution in [1.29, 1.82) is 0 Å². The molecule has 0 spiro atoms. The van der Waals surface area contributed by atoms with Gasteiger partial charge in [0, 0.05) is 25.2 Å². The molecule has 0 saturated carbocycles. The second-order valence-corrected chi connectivity index (χ2v) is 6.04. The Morgan fingerprint density at radius 2 is 2.04 bits per heavy atom. The molecule has 23 heavy (non-hydrogen) atoms. The van der Waals surface area contributed by atoms with Crippen molar-refractivity contribution in [3.05, 3.63) is 33.7 Å². The molecular weight excluding hydrogens is 320 g/mol. The number of unbranched alkanes of at least 4 members (excludes halogenated alkanes) is 1. The monoisotopic (exact) mass is 342 g/mol. The third-order valence-corrected chi connectivity index (χ3v) is 4.02. The molecule has 1 heterocycles. The van der Waals surface area contributed by atoms with E-state index in [-0.39, 0.29) is 23.8 Å². The summed E-state index contributed by atoms with van der Waals surface area (Å²) in [5, 5.41) is 12.2. The lowest BCUT2D eigenvalue weighted by Crippen LogP contribution is -2.44. The van der Waals surface area contributed by atoms with Crippen molar-refractivity contribution in [2.24, 2.45) is 5.92 Å². The summed E-state index contributed by atoms with van der Waals surface area (Å²) >= 11 is 5.83. The van der Waals surface area contributed by atoms with Gasteiger partial charge in [0.05, 0.1) is 5.02 Å². The molecule has 2 unspecified atom stereocenters. The summed E-state index contributed by atoms with van der Waals surface area (Å²) in [6.07, 6.45) is 3.67. The maximum atomic E-state index is 11.8. The van der Waals surface area contributed by atoms with E-state index in [1.54, 1.807) is 13.1 Å².